The number of halogens is 2. The van der Waals surface area contributed by atoms with Crippen molar-refractivity contribution in [2.45, 2.75) is 6.54 Å². The number of hydrogen-bond acceptors (Lipinski definition) is 3. The molecular weight excluding hydrogens is 306 g/mol. The number of ether oxygens (including phenoxy) is 1. The molecule has 5 nitrogen and oxygen atoms in total. The van der Waals surface area contributed by atoms with Gasteiger partial charge in [0.25, 0.3) is 11.8 Å². The van der Waals surface area contributed by atoms with E-state index in [0.29, 0.717) is 11.4 Å². The minimum Gasteiger partial charge on any atom is -0.482 e. The Bertz CT molecular complexity index is 793. The second-order valence-electron chi connectivity index (χ2n) is 4.98. The molecule has 0 aromatic heterocycles. The standard InChI is InChI=1S/C16H12F2N2O3/c17-11-3-2-10(6-12(11)18)16(22)19-7-9-1-4-14-13(5-9)20-15(21)8-23-14/h1-6H,7-8H2,(H,19,22)(H,20,21). The monoisotopic (exact) mass is 318 g/mol. The highest BCUT2D eigenvalue weighted by Gasteiger charge is 2.16. The summed E-state index contributed by atoms with van der Waals surface area (Å²) in [5.41, 5.74) is 1.28. The summed E-state index contributed by atoms with van der Waals surface area (Å²) in [6, 6.07) is 8.05. The fraction of sp³-hybridized carbons (Fsp3) is 0.125. The molecule has 3 rings (SSSR count). The first kappa shape index (κ1) is 15.0. The first-order valence-corrected chi connectivity index (χ1v) is 6.82. The van der Waals surface area contributed by atoms with Gasteiger partial charge in [-0.25, -0.2) is 8.78 Å². The third-order valence-electron chi connectivity index (χ3n) is 3.31. The molecule has 1 heterocycles. The number of carbonyl (C=O) groups excluding carboxylic acids is 2. The minimum atomic E-state index is -1.08. The van der Waals surface area contributed by atoms with E-state index in [1.165, 1.54) is 6.07 Å². The lowest BCUT2D eigenvalue weighted by molar-refractivity contribution is -0.118. The second kappa shape index (κ2) is 6.04. The van der Waals surface area contributed by atoms with Crippen LogP contribution < -0.4 is 15.4 Å². The Morgan fingerprint density at radius 1 is 1.17 bits per heavy atom. The summed E-state index contributed by atoms with van der Waals surface area (Å²) in [6.07, 6.45) is 0. The molecule has 0 spiro atoms. The maximum Gasteiger partial charge on any atom is 0.262 e. The zero-order valence-electron chi connectivity index (χ0n) is 11.9. The van der Waals surface area contributed by atoms with E-state index >= 15 is 0 Å². The molecule has 0 unspecified atom stereocenters. The lowest BCUT2D eigenvalue weighted by Crippen LogP contribution is -2.26. The smallest absolute Gasteiger partial charge is 0.262 e. The molecule has 118 valence electrons. The Kier molecular flexibility index (Phi) is 3.92. The molecule has 0 saturated heterocycles. The summed E-state index contributed by atoms with van der Waals surface area (Å²) in [4.78, 5) is 23.2. The second-order valence-corrected chi connectivity index (χ2v) is 4.98. The molecule has 0 aliphatic carbocycles. The van der Waals surface area contributed by atoms with Gasteiger partial charge in [0.05, 0.1) is 5.69 Å². The molecule has 1 aliphatic rings. The highest BCUT2D eigenvalue weighted by molar-refractivity contribution is 5.95. The third-order valence-corrected chi connectivity index (χ3v) is 3.31. The zero-order valence-corrected chi connectivity index (χ0v) is 11.9. The largest absolute Gasteiger partial charge is 0.482 e. The van der Waals surface area contributed by atoms with Gasteiger partial charge < -0.3 is 15.4 Å². The molecule has 0 radical (unpaired) electrons. The average molecular weight is 318 g/mol. The molecule has 0 saturated carbocycles. The summed E-state index contributed by atoms with van der Waals surface area (Å²) in [7, 11) is 0. The average Bonchev–Trinajstić information content (AvgIpc) is 2.54. The van der Waals surface area contributed by atoms with Crippen LogP contribution in [0.1, 0.15) is 15.9 Å². The first-order valence-electron chi connectivity index (χ1n) is 6.82. The molecule has 2 amide bonds. The molecule has 0 atom stereocenters. The number of hydrogen-bond donors (Lipinski definition) is 2. The van der Waals surface area contributed by atoms with Crippen molar-refractivity contribution >= 4 is 17.5 Å². The van der Waals surface area contributed by atoms with Crippen molar-refractivity contribution in [2.24, 2.45) is 0 Å². The van der Waals surface area contributed by atoms with Crippen molar-refractivity contribution in [3.8, 4) is 5.75 Å². The number of rotatable bonds is 3. The highest BCUT2D eigenvalue weighted by Crippen LogP contribution is 2.28. The number of carbonyl (C=O) groups is 2. The van der Waals surface area contributed by atoms with E-state index in [9.17, 15) is 18.4 Å². The topological polar surface area (TPSA) is 67.4 Å². The van der Waals surface area contributed by atoms with E-state index in [1.807, 2.05) is 0 Å². The van der Waals surface area contributed by atoms with Crippen molar-refractivity contribution < 1.29 is 23.1 Å². The van der Waals surface area contributed by atoms with E-state index in [-0.39, 0.29) is 24.6 Å². The number of anilines is 1. The highest BCUT2D eigenvalue weighted by atomic mass is 19.2. The minimum absolute atomic E-state index is 0.0264. The Balaban J connectivity index is 1.68. The molecule has 7 heteroatoms. The van der Waals surface area contributed by atoms with Crippen LogP contribution >= 0.6 is 0 Å². The number of fused-ring (bicyclic) bond motifs is 1. The molecular formula is C16H12F2N2O3. The van der Waals surface area contributed by atoms with Crippen LogP contribution in [0.15, 0.2) is 36.4 Å². The number of benzene rings is 2. The van der Waals surface area contributed by atoms with Crippen LogP contribution in [-0.4, -0.2) is 18.4 Å². The predicted molar refractivity (Wildman–Crippen MR) is 78.1 cm³/mol. The SMILES string of the molecule is O=C1COc2ccc(CNC(=O)c3ccc(F)c(F)c3)cc2N1. The van der Waals surface area contributed by atoms with Gasteiger partial charge >= 0.3 is 0 Å². The van der Waals surface area contributed by atoms with E-state index in [2.05, 4.69) is 10.6 Å². The van der Waals surface area contributed by atoms with Crippen LogP contribution in [0.3, 0.4) is 0 Å². The van der Waals surface area contributed by atoms with E-state index < -0.39 is 17.5 Å². The summed E-state index contributed by atoms with van der Waals surface area (Å²) >= 11 is 0. The molecule has 2 aromatic carbocycles. The van der Waals surface area contributed by atoms with Crippen LogP contribution in [0.25, 0.3) is 0 Å². The lowest BCUT2D eigenvalue weighted by atomic mass is 10.1. The third kappa shape index (κ3) is 3.28. The van der Waals surface area contributed by atoms with Gasteiger partial charge in [-0.3, -0.25) is 9.59 Å². The van der Waals surface area contributed by atoms with Crippen LogP contribution in [0.2, 0.25) is 0 Å². The van der Waals surface area contributed by atoms with Crippen LogP contribution in [-0.2, 0) is 11.3 Å². The van der Waals surface area contributed by atoms with Gasteiger partial charge in [-0.2, -0.15) is 0 Å². The van der Waals surface area contributed by atoms with Gasteiger partial charge in [-0.05, 0) is 35.9 Å². The summed E-state index contributed by atoms with van der Waals surface area (Å²) in [5.74, 6) is -2.30. The fourth-order valence-corrected chi connectivity index (χ4v) is 2.16. The predicted octanol–water partition coefficient (Wildman–Crippen LogP) is 2.23. The Hall–Kier alpha value is -2.96. The fourth-order valence-electron chi connectivity index (χ4n) is 2.16. The Morgan fingerprint density at radius 3 is 2.78 bits per heavy atom. The lowest BCUT2D eigenvalue weighted by Gasteiger charge is -2.18. The zero-order chi connectivity index (χ0) is 16.4. The van der Waals surface area contributed by atoms with E-state index in [0.717, 1.165) is 17.7 Å². The van der Waals surface area contributed by atoms with Crippen molar-refractivity contribution in [1.82, 2.24) is 5.32 Å². The van der Waals surface area contributed by atoms with Crippen molar-refractivity contribution in [3.05, 3.63) is 59.2 Å². The quantitative estimate of drug-likeness (QED) is 0.912. The van der Waals surface area contributed by atoms with Gasteiger partial charge in [-0.15, -0.1) is 0 Å². The number of amides is 2. The van der Waals surface area contributed by atoms with Crippen LogP contribution in [0, 0.1) is 11.6 Å². The molecule has 0 fully saturated rings. The summed E-state index contributed by atoms with van der Waals surface area (Å²) in [6.45, 7) is 0.139. The maximum absolute atomic E-state index is 13.1. The molecule has 1 aliphatic heterocycles. The Labute approximate surface area is 130 Å². The van der Waals surface area contributed by atoms with Gasteiger partial charge in [0.15, 0.2) is 18.2 Å². The van der Waals surface area contributed by atoms with Crippen molar-refractivity contribution in [1.29, 1.82) is 0 Å². The summed E-state index contributed by atoms with van der Waals surface area (Å²) < 4.78 is 31.2. The van der Waals surface area contributed by atoms with Crippen molar-refractivity contribution in [3.63, 3.8) is 0 Å². The van der Waals surface area contributed by atoms with Crippen LogP contribution in [0.5, 0.6) is 5.75 Å². The van der Waals surface area contributed by atoms with Gasteiger partial charge in [0.2, 0.25) is 0 Å². The van der Waals surface area contributed by atoms with E-state index in [1.54, 1.807) is 18.2 Å². The van der Waals surface area contributed by atoms with Gasteiger partial charge in [-0.1, -0.05) is 6.07 Å². The van der Waals surface area contributed by atoms with E-state index in [4.69, 9.17) is 4.74 Å². The molecule has 23 heavy (non-hydrogen) atoms. The van der Waals surface area contributed by atoms with Crippen molar-refractivity contribution in [2.75, 3.05) is 11.9 Å². The summed E-state index contributed by atoms with van der Waals surface area (Å²) in [5, 5.41) is 5.26. The van der Waals surface area contributed by atoms with Gasteiger partial charge in [0.1, 0.15) is 5.75 Å². The molecule has 0 bridgehead atoms. The Morgan fingerprint density at radius 2 is 2.00 bits per heavy atom. The molecule has 2 aromatic rings. The normalized spacial score (nSPS) is 12.9. The first-order chi connectivity index (χ1) is 11.0. The maximum atomic E-state index is 13.1. The molecule has 2 N–H and O–H groups in total. The van der Waals surface area contributed by atoms with Crippen LogP contribution in [0.4, 0.5) is 14.5 Å². The van der Waals surface area contributed by atoms with Gasteiger partial charge in [0, 0.05) is 12.1 Å². The number of nitrogens with one attached hydrogen (secondary N) is 2.